The molecule has 8 heteroatoms. The molecule has 1 saturated heterocycles. The zero-order valence-corrected chi connectivity index (χ0v) is 20.5. The van der Waals surface area contributed by atoms with Gasteiger partial charge < -0.3 is 10.6 Å². The van der Waals surface area contributed by atoms with E-state index in [2.05, 4.69) is 21.8 Å². The summed E-state index contributed by atoms with van der Waals surface area (Å²) in [5.41, 5.74) is 10.0. The fraction of sp³-hybridized carbons (Fsp3) is 0.276. The minimum atomic E-state index is -0.118. The van der Waals surface area contributed by atoms with Gasteiger partial charge >= 0.3 is 0 Å². The molecule has 1 amide bonds. The third-order valence-corrected chi connectivity index (χ3v) is 7.46. The number of rotatable bonds is 5. The lowest BCUT2D eigenvalue weighted by Crippen LogP contribution is -2.41. The first kappa shape index (κ1) is 22.9. The highest BCUT2D eigenvalue weighted by Crippen LogP contribution is 2.47. The van der Waals surface area contributed by atoms with Gasteiger partial charge in [-0.2, -0.15) is 0 Å². The lowest BCUT2D eigenvalue weighted by Gasteiger charge is -2.31. The van der Waals surface area contributed by atoms with E-state index in [1.165, 1.54) is 0 Å². The highest BCUT2D eigenvalue weighted by Gasteiger charge is 2.48. The number of nitrogens with two attached hydrogens (primary N) is 1. The summed E-state index contributed by atoms with van der Waals surface area (Å²) in [4.78, 5) is 41.0. The van der Waals surface area contributed by atoms with Crippen molar-refractivity contribution in [2.24, 2.45) is 5.92 Å². The number of likely N-dealkylation sites (tertiary alicyclic amines) is 1. The average molecular weight is 491 g/mol. The second-order valence-electron chi connectivity index (χ2n) is 9.69. The minimum Gasteiger partial charge on any atom is -0.382 e. The molecule has 1 aromatic carbocycles. The largest absolute Gasteiger partial charge is 0.382 e. The number of benzene rings is 1. The van der Waals surface area contributed by atoms with Crippen molar-refractivity contribution >= 4 is 23.0 Å². The van der Waals surface area contributed by atoms with E-state index in [9.17, 15) is 9.59 Å². The van der Waals surface area contributed by atoms with Crippen LogP contribution < -0.4 is 5.73 Å². The van der Waals surface area contributed by atoms with E-state index >= 15 is 0 Å². The van der Waals surface area contributed by atoms with Gasteiger partial charge in [-0.05, 0) is 43.7 Å². The summed E-state index contributed by atoms with van der Waals surface area (Å²) in [7, 11) is 0. The summed E-state index contributed by atoms with van der Waals surface area (Å²) in [5, 5.41) is 0. The highest BCUT2D eigenvalue weighted by atomic mass is 16.2. The van der Waals surface area contributed by atoms with Crippen LogP contribution in [0.2, 0.25) is 0 Å². The number of carbonyl (C=O) groups is 2. The number of aromatic nitrogens is 4. The summed E-state index contributed by atoms with van der Waals surface area (Å²) in [6.07, 6.45) is 7.42. The van der Waals surface area contributed by atoms with Crippen LogP contribution in [0, 0.1) is 17.8 Å². The molecule has 3 atom stereocenters. The van der Waals surface area contributed by atoms with Crippen LogP contribution in [0.15, 0.2) is 61.1 Å². The van der Waals surface area contributed by atoms with Crippen molar-refractivity contribution < 1.29 is 9.59 Å². The fourth-order valence-electron chi connectivity index (χ4n) is 5.85. The standard InChI is InChI=1S/C29H26N6O2/c1-2-5-25(37)35-17-18-14-22(23(35)15-18)29-33-26(27-28(30)32-12-13-34(27)29)20-9-7-19(8-10-20)24(36)16-21-6-3-4-11-31-21/h3-4,6-13,18,22-23H,14-17H2,1H3,(H2,30,32)/t18?,22?,23-/m0/s1. The van der Waals surface area contributed by atoms with E-state index in [-0.39, 0.29) is 30.1 Å². The molecular formula is C29H26N6O2. The maximum atomic E-state index is 12.8. The normalized spacial score (nSPS) is 20.1. The molecule has 0 radical (unpaired) electrons. The number of pyridine rings is 1. The van der Waals surface area contributed by atoms with Crippen LogP contribution in [0.5, 0.6) is 0 Å². The maximum absolute atomic E-state index is 12.8. The van der Waals surface area contributed by atoms with Crippen molar-refractivity contribution in [1.29, 1.82) is 0 Å². The summed E-state index contributed by atoms with van der Waals surface area (Å²) in [6, 6.07) is 13.1. The Morgan fingerprint density at radius 3 is 2.65 bits per heavy atom. The molecule has 1 aliphatic carbocycles. The van der Waals surface area contributed by atoms with E-state index in [1.807, 2.05) is 58.0 Å². The molecule has 2 unspecified atom stereocenters. The lowest BCUT2D eigenvalue weighted by atomic mass is 9.97. The van der Waals surface area contributed by atoms with Gasteiger partial charge in [-0.15, -0.1) is 0 Å². The van der Waals surface area contributed by atoms with Gasteiger partial charge in [-0.1, -0.05) is 36.3 Å². The maximum Gasteiger partial charge on any atom is 0.298 e. The average Bonchev–Trinajstić information content (AvgIpc) is 3.63. The van der Waals surface area contributed by atoms with Gasteiger partial charge in [-0.25, -0.2) is 9.97 Å². The molecule has 2 bridgehead atoms. The Labute approximate surface area is 214 Å². The van der Waals surface area contributed by atoms with Crippen LogP contribution in [-0.4, -0.2) is 48.5 Å². The molecule has 0 spiro atoms. The van der Waals surface area contributed by atoms with Crippen molar-refractivity contribution in [3.63, 3.8) is 0 Å². The molecule has 184 valence electrons. The minimum absolute atomic E-state index is 0.00346. The molecule has 1 saturated carbocycles. The summed E-state index contributed by atoms with van der Waals surface area (Å²) < 4.78 is 2.01. The van der Waals surface area contributed by atoms with Crippen LogP contribution >= 0.6 is 0 Å². The van der Waals surface area contributed by atoms with E-state index in [1.54, 1.807) is 19.3 Å². The molecule has 8 nitrogen and oxygen atoms in total. The molecule has 2 N–H and O–H groups in total. The Bertz CT molecular complexity index is 1570. The summed E-state index contributed by atoms with van der Waals surface area (Å²) in [5.74, 6) is 7.11. The first-order valence-corrected chi connectivity index (χ1v) is 12.4. The Morgan fingerprint density at radius 2 is 1.92 bits per heavy atom. The van der Waals surface area contributed by atoms with Crippen molar-refractivity contribution in [1.82, 2.24) is 24.3 Å². The zero-order chi connectivity index (χ0) is 25.5. The van der Waals surface area contributed by atoms with Gasteiger partial charge in [0.2, 0.25) is 0 Å². The number of carbonyl (C=O) groups excluding carboxylic acids is 2. The van der Waals surface area contributed by atoms with Gasteiger partial charge in [0.15, 0.2) is 5.78 Å². The number of Topliss-reactive ketones (excluding diaryl/α,β-unsaturated/α-hetero) is 1. The topological polar surface area (TPSA) is 106 Å². The van der Waals surface area contributed by atoms with E-state index in [4.69, 9.17) is 10.7 Å². The number of nitrogens with zero attached hydrogens (tertiary/aromatic N) is 5. The Morgan fingerprint density at radius 1 is 1.08 bits per heavy atom. The smallest absolute Gasteiger partial charge is 0.298 e. The summed E-state index contributed by atoms with van der Waals surface area (Å²) >= 11 is 0. The van der Waals surface area contributed by atoms with Crippen LogP contribution in [0.4, 0.5) is 5.82 Å². The van der Waals surface area contributed by atoms with Crippen LogP contribution in [0.25, 0.3) is 16.8 Å². The monoisotopic (exact) mass is 490 g/mol. The number of piperidine rings is 1. The van der Waals surface area contributed by atoms with Gasteiger partial charge in [0.1, 0.15) is 22.9 Å². The molecule has 4 heterocycles. The lowest BCUT2D eigenvalue weighted by molar-refractivity contribution is -0.127. The van der Waals surface area contributed by atoms with Gasteiger partial charge in [0, 0.05) is 53.9 Å². The SMILES string of the molecule is CC#CC(=O)N1CC2CC(c3nc(-c4ccc(C(=O)Cc5ccccn5)cc4)c4c(N)nccn34)[C@@H]1C2. The number of nitrogen functional groups attached to an aromatic ring is 1. The third kappa shape index (κ3) is 4.02. The zero-order valence-electron chi connectivity index (χ0n) is 20.5. The molecule has 4 aromatic rings. The quantitative estimate of drug-likeness (QED) is 0.339. The Balaban J connectivity index is 1.34. The van der Waals surface area contributed by atoms with Gasteiger partial charge in [-0.3, -0.25) is 19.0 Å². The van der Waals surface area contributed by atoms with Crippen molar-refractivity contribution in [2.45, 2.75) is 38.1 Å². The fourth-order valence-corrected chi connectivity index (χ4v) is 5.85. The number of anilines is 1. The molecular weight excluding hydrogens is 464 g/mol. The number of fused-ring (bicyclic) bond motifs is 3. The first-order chi connectivity index (χ1) is 18.0. The molecule has 1 aliphatic heterocycles. The van der Waals surface area contributed by atoms with Crippen LogP contribution in [0.3, 0.4) is 0 Å². The van der Waals surface area contributed by atoms with Crippen LogP contribution in [0.1, 0.15) is 47.6 Å². The van der Waals surface area contributed by atoms with Gasteiger partial charge in [0.25, 0.3) is 5.91 Å². The molecule has 2 fully saturated rings. The number of amides is 1. The highest BCUT2D eigenvalue weighted by molar-refractivity contribution is 5.98. The molecule has 2 aliphatic rings. The number of hydrogen-bond donors (Lipinski definition) is 1. The molecule has 3 aromatic heterocycles. The first-order valence-electron chi connectivity index (χ1n) is 12.4. The van der Waals surface area contributed by atoms with Crippen molar-refractivity contribution in [3.05, 3.63) is 78.1 Å². The van der Waals surface area contributed by atoms with Crippen molar-refractivity contribution in [3.8, 4) is 23.1 Å². The second kappa shape index (κ2) is 9.17. The summed E-state index contributed by atoms with van der Waals surface area (Å²) in [6.45, 7) is 2.44. The molecule has 6 rings (SSSR count). The Hall–Kier alpha value is -4.51. The molecule has 37 heavy (non-hydrogen) atoms. The number of imidazole rings is 1. The third-order valence-electron chi connectivity index (χ3n) is 7.46. The van der Waals surface area contributed by atoms with Crippen molar-refractivity contribution in [2.75, 3.05) is 12.3 Å². The number of hydrogen-bond acceptors (Lipinski definition) is 6. The second-order valence-corrected chi connectivity index (χ2v) is 9.69. The van der Waals surface area contributed by atoms with E-state index in [0.29, 0.717) is 17.3 Å². The van der Waals surface area contributed by atoms with Crippen LogP contribution in [-0.2, 0) is 11.2 Å². The van der Waals surface area contributed by atoms with E-state index < -0.39 is 0 Å². The Kier molecular flexibility index (Phi) is 5.68. The van der Waals surface area contributed by atoms with Gasteiger partial charge in [0.05, 0.1) is 6.42 Å². The predicted octanol–water partition coefficient (Wildman–Crippen LogP) is 3.53. The van der Waals surface area contributed by atoms with E-state index in [0.717, 1.165) is 47.7 Å². The predicted molar refractivity (Wildman–Crippen MR) is 140 cm³/mol. The number of ketones is 1.